The van der Waals surface area contributed by atoms with E-state index in [2.05, 4.69) is 4.98 Å². The highest BCUT2D eigenvalue weighted by atomic mass is 32.1. The summed E-state index contributed by atoms with van der Waals surface area (Å²) in [4.78, 5) is 15.8. The normalized spacial score (nSPS) is 10.2. The third-order valence-corrected chi connectivity index (χ3v) is 3.92. The Hall–Kier alpha value is -2.64. The third-order valence-electron chi connectivity index (χ3n) is 3.02. The van der Waals surface area contributed by atoms with E-state index in [1.807, 2.05) is 60.0 Å². The molecule has 0 saturated heterocycles. The van der Waals surface area contributed by atoms with Crippen LogP contribution in [-0.4, -0.2) is 4.98 Å². The van der Waals surface area contributed by atoms with Gasteiger partial charge in [0, 0.05) is 5.56 Å². The number of rotatable bonds is 2. The molecule has 0 bridgehead atoms. The second-order valence-electron chi connectivity index (χ2n) is 4.26. The lowest BCUT2D eigenvalue weighted by molar-refractivity contribution is 1.23. The lowest BCUT2D eigenvalue weighted by Gasteiger charge is -2.06. The first-order chi connectivity index (χ1) is 9.79. The van der Waals surface area contributed by atoms with Crippen molar-refractivity contribution in [1.29, 1.82) is 5.26 Å². The molecular formula is C16H10N2OS. The van der Waals surface area contributed by atoms with E-state index in [0.717, 1.165) is 16.1 Å². The van der Waals surface area contributed by atoms with E-state index in [1.54, 1.807) is 11.3 Å². The highest BCUT2D eigenvalue weighted by Gasteiger charge is 2.12. The van der Waals surface area contributed by atoms with Gasteiger partial charge in [0.05, 0.1) is 10.6 Å². The first-order valence-electron chi connectivity index (χ1n) is 6.06. The Labute approximate surface area is 119 Å². The molecule has 0 aliphatic rings. The maximum Gasteiger partial charge on any atom is 0.266 e. The number of H-pyrrole nitrogens is 1. The fraction of sp³-hybridized carbons (Fsp3) is 0. The molecule has 2 aromatic heterocycles. The Balaban J connectivity index is 2.28. The quantitative estimate of drug-likeness (QED) is 0.778. The summed E-state index contributed by atoms with van der Waals surface area (Å²) >= 11 is 1.55. The van der Waals surface area contributed by atoms with Crippen molar-refractivity contribution in [1.82, 2.24) is 4.98 Å². The van der Waals surface area contributed by atoms with E-state index in [9.17, 15) is 10.1 Å². The van der Waals surface area contributed by atoms with Crippen LogP contribution in [0.25, 0.3) is 21.7 Å². The molecule has 0 atom stereocenters. The average Bonchev–Trinajstić information content (AvgIpc) is 3.01. The predicted octanol–water partition coefficient (Wildman–Crippen LogP) is 3.64. The molecule has 1 aromatic carbocycles. The first-order valence-corrected chi connectivity index (χ1v) is 6.94. The molecular weight excluding hydrogens is 268 g/mol. The second-order valence-corrected chi connectivity index (χ2v) is 5.20. The number of nitriles is 1. The fourth-order valence-corrected chi connectivity index (χ4v) is 2.78. The molecule has 2 heterocycles. The maximum atomic E-state index is 12.1. The van der Waals surface area contributed by atoms with Crippen LogP contribution in [0, 0.1) is 11.3 Å². The zero-order valence-electron chi connectivity index (χ0n) is 10.5. The van der Waals surface area contributed by atoms with Gasteiger partial charge in [-0.15, -0.1) is 11.3 Å². The Kier molecular flexibility index (Phi) is 3.20. The number of aromatic nitrogens is 1. The van der Waals surface area contributed by atoms with Crippen LogP contribution in [0.5, 0.6) is 0 Å². The molecule has 3 nitrogen and oxygen atoms in total. The highest BCUT2D eigenvalue weighted by Crippen LogP contribution is 2.28. The van der Waals surface area contributed by atoms with Crippen molar-refractivity contribution < 1.29 is 0 Å². The van der Waals surface area contributed by atoms with E-state index >= 15 is 0 Å². The van der Waals surface area contributed by atoms with Crippen molar-refractivity contribution >= 4 is 11.3 Å². The third kappa shape index (κ3) is 2.15. The number of aromatic amines is 1. The van der Waals surface area contributed by atoms with Gasteiger partial charge in [0.15, 0.2) is 0 Å². The van der Waals surface area contributed by atoms with E-state index in [-0.39, 0.29) is 11.1 Å². The minimum atomic E-state index is -0.350. The van der Waals surface area contributed by atoms with Crippen LogP contribution in [0.3, 0.4) is 0 Å². The molecule has 0 amide bonds. The molecule has 20 heavy (non-hydrogen) atoms. The maximum absolute atomic E-state index is 12.1. The number of nitrogens with one attached hydrogen (secondary N) is 1. The number of thiophene rings is 1. The number of pyridine rings is 1. The smallest absolute Gasteiger partial charge is 0.266 e. The Morgan fingerprint density at radius 1 is 1.10 bits per heavy atom. The van der Waals surface area contributed by atoms with Crippen LogP contribution in [0.2, 0.25) is 0 Å². The number of hydrogen-bond acceptors (Lipinski definition) is 3. The Morgan fingerprint density at radius 2 is 1.90 bits per heavy atom. The lowest BCUT2D eigenvalue weighted by atomic mass is 10.0. The number of benzene rings is 1. The molecule has 0 fully saturated rings. The molecule has 3 rings (SSSR count). The molecule has 0 spiro atoms. The minimum Gasteiger partial charge on any atom is -0.320 e. The van der Waals surface area contributed by atoms with Gasteiger partial charge in [-0.25, -0.2) is 0 Å². The predicted molar refractivity (Wildman–Crippen MR) is 80.5 cm³/mol. The molecule has 0 unspecified atom stereocenters. The zero-order valence-corrected chi connectivity index (χ0v) is 11.3. The standard InChI is InChI=1S/C16H10N2OS/c17-10-13-12(11-5-2-1-3-6-11)9-14(18-16(13)19)15-7-4-8-20-15/h1-9H,(H,18,19). The molecule has 96 valence electrons. The fourth-order valence-electron chi connectivity index (χ4n) is 2.08. The summed E-state index contributed by atoms with van der Waals surface area (Å²) in [5.41, 5.74) is 2.07. The van der Waals surface area contributed by atoms with Crippen molar-refractivity contribution in [3.63, 3.8) is 0 Å². The van der Waals surface area contributed by atoms with Gasteiger partial charge in [-0.05, 0) is 23.1 Å². The van der Waals surface area contributed by atoms with Crippen molar-refractivity contribution in [2.75, 3.05) is 0 Å². The minimum absolute atomic E-state index is 0.150. The van der Waals surface area contributed by atoms with Crippen molar-refractivity contribution in [2.24, 2.45) is 0 Å². The SMILES string of the molecule is N#Cc1c(-c2ccccc2)cc(-c2cccs2)[nH]c1=O. The van der Waals surface area contributed by atoms with Crippen LogP contribution >= 0.6 is 11.3 Å². The summed E-state index contributed by atoms with van der Waals surface area (Å²) in [6.45, 7) is 0. The second kappa shape index (κ2) is 5.16. The largest absolute Gasteiger partial charge is 0.320 e. The monoisotopic (exact) mass is 278 g/mol. The Morgan fingerprint density at radius 3 is 2.55 bits per heavy atom. The van der Waals surface area contributed by atoms with Gasteiger partial charge < -0.3 is 4.98 Å². The van der Waals surface area contributed by atoms with Gasteiger partial charge in [0.25, 0.3) is 5.56 Å². The number of nitrogens with zero attached hydrogens (tertiary/aromatic N) is 1. The molecule has 0 aliphatic heterocycles. The summed E-state index contributed by atoms with van der Waals surface area (Å²) in [6.07, 6.45) is 0. The molecule has 0 aliphatic carbocycles. The van der Waals surface area contributed by atoms with E-state index < -0.39 is 0 Å². The number of hydrogen-bond donors (Lipinski definition) is 1. The zero-order chi connectivity index (χ0) is 13.9. The summed E-state index contributed by atoms with van der Waals surface area (Å²) in [6, 6.07) is 17.2. The molecule has 1 N–H and O–H groups in total. The van der Waals surface area contributed by atoms with Gasteiger partial charge in [-0.2, -0.15) is 5.26 Å². The van der Waals surface area contributed by atoms with Crippen LogP contribution in [0.4, 0.5) is 0 Å². The summed E-state index contributed by atoms with van der Waals surface area (Å²) in [5.74, 6) is 0. The van der Waals surface area contributed by atoms with E-state index in [0.29, 0.717) is 5.56 Å². The summed E-state index contributed by atoms with van der Waals surface area (Å²) in [5, 5.41) is 11.2. The molecule has 0 radical (unpaired) electrons. The van der Waals surface area contributed by atoms with Gasteiger partial charge in [0.2, 0.25) is 0 Å². The van der Waals surface area contributed by atoms with Crippen molar-refractivity contribution in [3.8, 4) is 27.8 Å². The van der Waals surface area contributed by atoms with Crippen LogP contribution < -0.4 is 5.56 Å². The Bertz CT molecular complexity index is 827. The first kappa shape index (κ1) is 12.4. The summed E-state index contributed by atoms with van der Waals surface area (Å²) in [7, 11) is 0. The topological polar surface area (TPSA) is 56.6 Å². The van der Waals surface area contributed by atoms with Crippen molar-refractivity contribution in [3.05, 3.63) is 69.8 Å². The molecule has 3 aromatic rings. The van der Waals surface area contributed by atoms with Gasteiger partial charge in [0.1, 0.15) is 11.6 Å². The highest BCUT2D eigenvalue weighted by molar-refractivity contribution is 7.13. The summed E-state index contributed by atoms with van der Waals surface area (Å²) < 4.78 is 0. The van der Waals surface area contributed by atoms with Gasteiger partial charge in [-0.3, -0.25) is 4.79 Å². The van der Waals surface area contributed by atoms with Crippen LogP contribution in [-0.2, 0) is 0 Å². The van der Waals surface area contributed by atoms with Crippen LogP contribution in [0.15, 0.2) is 58.7 Å². The lowest BCUT2D eigenvalue weighted by Crippen LogP contribution is -2.12. The van der Waals surface area contributed by atoms with E-state index in [1.165, 1.54) is 0 Å². The van der Waals surface area contributed by atoms with Crippen molar-refractivity contribution in [2.45, 2.75) is 0 Å². The van der Waals surface area contributed by atoms with Gasteiger partial charge in [-0.1, -0.05) is 36.4 Å². The molecule has 0 saturated carbocycles. The molecule has 4 heteroatoms. The van der Waals surface area contributed by atoms with Crippen LogP contribution in [0.1, 0.15) is 5.56 Å². The van der Waals surface area contributed by atoms with Gasteiger partial charge >= 0.3 is 0 Å². The van der Waals surface area contributed by atoms with E-state index in [4.69, 9.17) is 0 Å². The average molecular weight is 278 g/mol.